The van der Waals surface area contributed by atoms with Gasteiger partial charge in [-0.3, -0.25) is 8.98 Å². The summed E-state index contributed by atoms with van der Waals surface area (Å²) in [6.45, 7) is 0.387. The third-order valence-electron chi connectivity index (χ3n) is 2.40. The summed E-state index contributed by atoms with van der Waals surface area (Å²) in [5, 5.41) is 0. The van der Waals surface area contributed by atoms with E-state index < -0.39 is 22.3 Å². The van der Waals surface area contributed by atoms with Gasteiger partial charge in [-0.2, -0.15) is 8.42 Å². The molecule has 2 rings (SSSR count). The summed E-state index contributed by atoms with van der Waals surface area (Å²) in [5.74, 6) is -0.367. The fourth-order valence-corrected chi connectivity index (χ4v) is 2.51. The number of rotatable bonds is 2. The maximum Gasteiger partial charge on any atom is 0.309 e. The second kappa shape index (κ2) is 3.73. The van der Waals surface area contributed by atoms with Crippen LogP contribution in [0.4, 0.5) is 0 Å². The second-order valence-electron chi connectivity index (χ2n) is 3.70. The Balaban J connectivity index is 2.09. The first-order valence-electron chi connectivity index (χ1n) is 4.65. The molecule has 3 atom stereocenters. The molecule has 0 N–H and O–H groups in total. The Hall–Kier alpha value is -0.660. The molecule has 7 heteroatoms. The maximum absolute atomic E-state index is 11.0. The molecule has 6 nitrogen and oxygen atoms in total. The van der Waals surface area contributed by atoms with E-state index in [4.69, 9.17) is 13.7 Å². The standard InChI is InChI=1S/C8H12O6S/c1-15(10,11)14-5-2-3-12-6-4-7(9)13-8(5)6/h5-6,8H,2-4H2,1H3/t5-,6-,8-/m1/s1. The molecule has 0 saturated carbocycles. The highest BCUT2D eigenvalue weighted by Crippen LogP contribution is 2.29. The Bertz CT molecular complexity index is 361. The highest BCUT2D eigenvalue weighted by atomic mass is 32.2. The third-order valence-corrected chi connectivity index (χ3v) is 3.00. The van der Waals surface area contributed by atoms with Crippen molar-refractivity contribution in [1.82, 2.24) is 0 Å². The van der Waals surface area contributed by atoms with Crippen LogP contribution in [0.15, 0.2) is 0 Å². The molecule has 2 heterocycles. The van der Waals surface area contributed by atoms with Gasteiger partial charge in [0.2, 0.25) is 0 Å². The Morgan fingerprint density at radius 1 is 1.47 bits per heavy atom. The van der Waals surface area contributed by atoms with Crippen molar-refractivity contribution in [2.75, 3.05) is 12.9 Å². The maximum atomic E-state index is 11.0. The van der Waals surface area contributed by atoms with Crippen molar-refractivity contribution in [2.24, 2.45) is 0 Å². The first-order chi connectivity index (χ1) is 6.96. The average molecular weight is 236 g/mol. The molecular formula is C8H12O6S. The summed E-state index contributed by atoms with van der Waals surface area (Å²) >= 11 is 0. The van der Waals surface area contributed by atoms with E-state index in [1.54, 1.807) is 0 Å². The molecule has 2 saturated heterocycles. The smallest absolute Gasteiger partial charge is 0.309 e. The molecular weight excluding hydrogens is 224 g/mol. The minimum Gasteiger partial charge on any atom is -0.457 e. The predicted molar refractivity (Wildman–Crippen MR) is 48.6 cm³/mol. The van der Waals surface area contributed by atoms with Crippen LogP contribution in [-0.2, 0) is 28.6 Å². The first-order valence-corrected chi connectivity index (χ1v) is 6.47. The van der Waals surface area contributed by atoms with Crippen LogP contribution in [0.5, 0.6) is 0 Å². The van der Waals surface area contributed by atoms with Crippen LogP contribution in [0.1, 0.15) is 12.8 Å². The van der Waals surface area contributed by atoms with Gasteiger partial charge in [-0.05, 0) is 0 Å². The quantitative estimate of drug-likeness (QED) is 0.472. The molecule has 0 bridgehead atoms. The van der Waals surface area contributed by atoms with E-state index in [2.05, 4.69) is 0 Å². The number of hydrogen-bond acceptors (Lipinski definition) is 6. The molecule has 0 unspecified atom stereocenters. The van der Waals surface area contributed by atoms with E-state index in [0.29, 0.717) is 13.0 Å². The van der Waals surface area contributed by atoms with Crippen LogP contribution < -0.4 is 0 Å². The Morgan fingerprint density at radius 3 is 2.87 bits per heavy atom. The number of esters is 1. The van der Waals surface area contributed by atoms with Crippen LogP contribution >= 0.6 is 0 Å². The fraction of sp³-hybridized carbons (Fsp3) is 0.875. The molecule has 2 aliphatic heterocycles. The molecule has 0 radical (unpaired) electrons. The molecule has 0 aliphatic carbocycles. The molecule has 86 valence electrons. The van der Waals surface area contributed by atoms with Crippen LogP contribution in [0, 0.1) is 0 Å². The van der Waals surface area contributed by atoms with Gasteiger partial charge >= 0.3 is 5.97 Å². The molecule has 15 heavy (non-hydrogen) atoms. The van der Waals surface area contributed by atoms with Crippen LogP contribution in [0.25, 0.3) is 0 Å². The van der Waals surface area contributed by atoms with Crippen molar-refractivity contribution in [2.45, 2.75) is 31.2 Å². The lowest BCUT2D eigenvalue weighted by Crippen LogP contribution is -2.44. The fourth-order valence-electron chi connectivity index (χ4n) is 1.85. The SMILES string of the molecule is CS(=O)(=O)O[C@@H]1CCO[C@@H]2CC(=O)O[C@@H]21. The van der Waals surface area contributed by atoms with Gasteiger partial charge in [-0.15, -0.1) is 0 Å². The van der Waals surface area contributed by atoms with Crippen molar-refractivity contribution < 1.29 is 26.9 Å². The van der Waals surface area contributed by atoms with Gasteiger partial charge in [0, 0.05) is 13.0 Å². The Kier molecular flexibility index (Phi) is 2.70. The van der Waals surface area contributed by atoms with Gasteiger partial charge in [-0.1, -0.05) is 0 Å². The molecule has 0 aromatic carbocycles. The second-order valence-corrected chi connectivity index (χ2v) is 5.30. The van der Waals surface area contributed by atoms with E-state index in [9.17, 15) is 13.2 Å². The van der Waals surface area contributed by atoms with Gasteiger partial charge in [-0.25, -0.2) is 0 Å². The number of carbonyl (C=O) groups is 1. The number of ether oxygens (including phenoxy) is 2. The normalized spacial score (nSPS) is 36.1. The molecule has 0 amide bonds. The zero-order valence-electron chi connectivity index (χ0n) is 8.21. The summed E-state index contributed by atoms with van der Waals surface area (Å²) < 4.78 is 37.1. The van der Waals surface area contributed by atoms with Crippen molar-refractivity contribution in [1.29, 1.82) is 0 Å². The molecule has 0 aromatic heterocycles. The summed E-state index contributed by atoms with van der Waals surface area (Å²) in [4.78, 5) is 11.0. The number of carbonyl (C=O) groups excluding carboxylic acids is 1. The topological polar surface area (TPSA) is 78.9 Å². The largest absolute Gasteiger partial charge is 0.457 e. The zero-order chi connectivity index (χ0) is 11.1. The number of hydrogen-bond donors (Lipinski definition) is 0. The molecule has 2 aliphatic rings. The zero-order valence-corrected chi connectivity index (χ0v) is 9.03. The Labute approximate surface area is 87.6 Å². The van der Waals surface area contributed by atoms with Gasteiger partial charge in [0.25, 0.3) is 10.1 Å². The van der Waals surface area contributed by atoms with Crippen molar-refractivity contribution in [3.8, 4) is 0 Å². The molecule has 2 fully saturated rings. The van der Waals surface area contributed by atoms with Crippen LogP contribution in [0.3, 0.4) is 0 Å². The van der Waals surface area contributed by atoms with E-state index in [-0.39, 0.29) is 18.5 Å². The lowest BCUT2D eigenvalue weighted by Gasteiger charge is -2.30. The lowest BCUT2D eigenvalue weighted by atomic mass is 10.0. The molecule has 0 aromatic rings. The minimum atomic E-state index is -3.53. The Morgan fingerprint density at radius 2 is 2.20 bits per heavy atom. The van der Waals surface area contributed by atoms with Crippen molar-refractivity contribution >= 4 is 16.1 Å². The summed E-state index contributed by atoms with van der Waals surface area (Å²) in [7, 11) is -3.53. The van der Waals surface area contributed by atoms with Crippen molar-refractivity contribution in [3.63, 3.8) is 0 Å². The first kappa shape index (κ1) is 10.8. The van der Waals surface area contributed by atoms with Gasteiger partial charge in [0.05, 0.1) is 12.7 Å². The van der Waals surface area contributed by atoms with E-state index in [1.165, 1.54) is 0 Å². The van der Waals surface area contributed by atoms with Gasteiger partial charge < -0.3 is 9.47 Å². The average Bonchev–Trinajstić information content (AvgIpc) is 2.43. The van der Waals surface area contributed by atoms with Gasteiger partial charge in [0.15, 0.2) is 6.10 Å². The highest BCUT2D eigenvalue weighted by molar-refractivity contribution is 7.86. The summed E-state index contributed by atoms with van der Waals surface area (Å²) in [6, 6.07) is 0. The van der Waals surface area contributed by atoms with E-state index in [0.717, 1.165) is 6.26 Å². The minimum absolute atomic E-state index is 0.175. The van der Waals surface area contributed by atoms with E-state index >= 15 is 0 Å². The predicted octanol–water partition coefficient (Wildman–Crippen LogP) is -0.564. The summed E-state index contributed by atoms with van der Waals surface area (Å²) in [6.07, 6.45) is 0.0218. The van der Waals surface area contributed by atoms with E-state index in [1.807, 2.05) is 0 Å². The van der Waals surface area contributed by atoms with Gasteiger partial charge in [0.1, 0.15) is 12.2 Å². The summed E-state index contributed by atoms with van der Waals surface area (Å²) in [5.41, 5.74) is 0. The molecule has 0 spiro atoms. The highest BCUT2D eigenvalue weighted by Gasteiger charge is 2.45. The van der Waals surface area contributed by atoms with Crippen molar-refractivity contribution in [3.05, 3.63) is 0 Å². The van der Waals surface area contributed by atoms with Crippen LogP contribution in [-0.4, -0.2) is 45.6 Å². The number of fused-ring (bicyclic) bond motifs is 1. The third kappa shape index (κ3) is 2.47. The monoisotopic (exact) mass is 236 g/mol. The van der Waals surface area contributed by atoms with Crippen LogP contribution in [0.2, 0.25) is 0 Å². The lowest BCUT2D eigenvalue weighted by molar-refractivity contribution is -0.150.